The summed E-state index contributed by atoms with van der Waals surface area (Å²) in [7, 11) is 0. The Morgan fingerprint density at radius 2 is 1.67 bits per heavy atom. The smallest absolute Gasteiger partial charge is 0.0314 e. The summed E-state index contributed by atoms with van der Waals surface area (Å²) in [6.07, 6.45) is 4.05. The van der Waals surface area contributed by atoms with E-state index in [4.69, 9.17) is 5.73 Å². The van der Waals surface area contributed by atoms with Gasteiger partial charge in [0.25, 0.3) is 0 Å². The van der Waals surface area contributed by atoms with Crippen LogP contribution >= 0.6 is 0 Å². The van der Waals surface area contributed by atoms with Crippen molar-refractivity contribution in [3.05, 3.63) is 29.8 Å². The molecule has 3 atom stereocenters. The minimum atomic E-state index is 0.761. The average molecular weight is 203 g/mol. The van der Waals surface area contributed by atoms with Crippen LogP contribution in [0.15, 0.2) is 24.3 Å². The highest BCUT2D eigenvalue weighted by Gasteiger charge is 2.25. The molecule has 0 spiro atoms. The van der Waals surface area contributed by atoms with Crippen molar-refractivity contribution in [2.75, 3.05) is 5.73 Å². The van der Waals surface area contributed by atoms with Gasteiger partial charge in [-0.25, -0.2) is 0 Å². The Morgan fingerprint density at radius 1 is 1.00 bits per heavy atom. The van der Waals surface area contributed by atoms with Crippen molar-refractivity contribution < 1.29 is 0 Å². The van der Waals surface area contributed by atoms with Gasteiger partial charge in [0.2, 0.25) is 0 Å². The Kier molecular flexibility index (Phi) is 2.99. The third kappa shape index (κ3) is 2.34. The van der Waals surface area contributed by atoms with Crippen LogP contribution in [-0.2, 0) is 0 Å². The van der Waals surface area contributed by atoms with Crippen molar-refractivity contribution in [1.29, 1.82) is 0 Å². The minimum absolute atomic E-state index is 0.761. The molecular weight excluding hydrogens is 182 g/mol. The monoisotopic (exact) mass is 203 g/mol. The lowest BCUT2D eigenvalue weighted by atomic mass is 9.73. The molecule has 0 amide bonds. The Balaban J connectivity index is 2.08. The molecule has 1 nitrogen and oxygen atoms in total. The van der Waals surface area contributed by atoms with Crippen LogP contribution in [-0.4, -0.2) is 0 Å². The molecule has 0 heterocycles. The van der Waals surface area contributed by atoms with Crippen molar-refractivity contribution in [3.63, 3.8) is 0 Å². The fraction of sp³-hybridized carbons (Fsp3) is 0.571. The maximum Gasteiger partial charge on any atom is 0.0314 e. The standard InChI is InChI=1S/C14H21N/c1-10-3-4-13(9-11(10)2)12-5-7-14(15)8-6-12/h5-8,10-11,13H,3-4,9,15H2,1-2H3/t10-,11-,13-/m1/s1. The molecule has 82 valence electrons. The number of hydrogen-bond acceptors (Lipinski definition) is 1. The van der Waals surface area contributed by atoms with E-state index in [2.05, 4.69) is 26.0 Å². The summed E-state index contributed by atoms with van der Waals surface area (Å²) in [5.41, 5.74) is 8.05. The second kappa shape index (κ2) is 4.26. The van der Waals surface area contributed by atoms with Gasteiger partial charge in [0, 0.05) is 5.69 Å². The van der Waals surface area contributed by atoms with Gasteiger partial charge in [-0.1, -0.05) is 26.0 Å². The summed E-state index contributed by atoms with van der Waals surface area (Å²) in [5.74, 6) is 2.52. The molecular formula is C14H21N. The highest BCUT2D eigenvalue weighted by molar-refractivity contribution is 5.40. The van der Waals surface area contributed by atoms with Gasteiger partial charge in [0.1, 0.15) is 0 Å². The van der Waals surface area contributed by atoms with Gasteiger partial charge in [-0.3, -0.25) is 0 Å². The molecule has 2 N–H and O–H groups in total. The summed E-state index contributed by atoms with van der Waals surface area (Å²) in [6, 6.07) is 8.45. The lowest BCUT2D eigenvalue weighted by molar-refractivity contribution is 0.250. The van der Waals surface area contributed by atoms with Crippen LogP contribution in [0.25, 0.3) is 0 Å². The molecule has 0 unspecified atom stereocenters. The predicted molar refractivity (Wildman–Crippen MR) is 65.8 cm³/mol. The van der Waals surface area contributed by atoms with Crippen LogP contribution in [0.1, 0.15) is 44.6 Å². The summed E-state index contributed by atoms with van der Waals surface area (Å²) in [5, 5.41) is 0. The first-order chi connectivity index (χ1) is 7.16. The van der Waals surface area contributed by atoms with E-state index in [1.54, 1.807) is 0 Å². The van der Waals surface area contributed by atoms with Crippen LogP contribution in [0, 0.1) is 11.8 Å². The van der Waals surface area contributed by atoms with Crippen LogP contribution in [0.2, 0.25) is 0 Å². The van der Waals surface area contributed by atoms with Crippen molar-refractivity contribution in [2.45, 2.75) is 39.0 Å². The number of anilines is 1. The second-order valence-corrected chi connectivity index (χ2v) is 5.13. The van der Waals surface area contributed by atoms with Gasteiger partial charge < -0.3 is 5.73 Å². The summed E-state index contributed by atoms with van der Waals surface area (Å²) >= 11 is 0. The van der Waals surface area contributed by atoms with Gasteiger partial charge in [-0.15, -0.1) is 0 Å². The third-order valence-electron chi connectivity index (χ3n) is 4.01. The topological polar surface area (TPSA) is 26.0 Å². The van der Waals surface area contributed by atoms with E-state index >= 15 is 0 Å². The van der Waals surface area contributed by atoms with E-state index in [1.165, 1.54) is 24.8 Å². The molecule has 15 heavy (non-hydrogen) atoms. The van der Waals surface area contributed by atoms with E-state index in [-0.39, 0.29) is 0 Å². The Bertz CT molecular complexity index is 315. The Labute approximate surface area is 92.7 Å². The number of rotatable bonds is 1. The molecule has 1 aromatic carbocycles. The lowest BCUT2D eigenvalue weighted by Gasteiger charge is -2.32. The van der Waals surface area contributed by atoms with E-state index in [0.717, 1.165) is 23.4 Å². The first-order valence-corrected chi connectivity index (χ1v) is 6.02. The molecule has 1 aromatic rings. The highest BCUT2D eigenvalue weighted by Crippen LogP contribution is 2.39. The quantitative estimate of drug-likeness (QED) is 0.690. The Morgan fingerprint density at radius 3 is 2.27 bits per heavy atom. The number of benzene rings is 1. The molecule has 0 saturated heterocycles. The largest absolute Gasteiger partial charge is 0.399 e. The van der Waals surface area contributed by atoms with Crippen molar-refractivity contribution in [2.24, 2.45) is 11.8 Å². The zero-order valence-electron chi connectivity index (χ0n) is 9.74. The van der Waals surface area contributed by atoms with Crippen LogP contribution < -0.4 is 5.73 Å². The summed E-state index contributed by atoms with van der Waals surface area (Å²) in [4.78, 5) is 0. The normalized spacial score (nSPS) is 31.5. The number of nitrogen functional groups attached to an aromatic ring is 1. The highest BCUT2D eigenvalue weighted by atomic mass is 14.5. The van der Waals surface area contributed by atoms with Crippen LogP contribution in [0.5, 0.6) is 0 Å². The van der Waals surface area contributed by atoms with Gasteiger partial charge in [-0.2, -0.15) is 0 Å². The average Bonchev–Trinajstić information content (AvgIpc) is 2.23. The summed E-state index contributed by atoms with van der Waals surface area (Å²) in [6.45, 7) is 4.76. The van der Waals surface area contributed by atoms with Crippen molar-refractivity contribution in [3.8, 4) is 0 Å². The van der Waals surface area contributed by atoms with E-state index < -0.39 is 0 Å². The molecule has 2 rings (SSSR count). The van der Waals surface area contributed by atoms with Gasteiger partial charge in [0.05, 0.1) is 0 Å². The second-order valence-electron chi connectivity index (χ2n) is 5.13. The fourth-order valence-electron chi connectivity index (χ4n) is 2.62. The first kappa shape index (κ1) is 10.5. The Hall–Kier alpha value is -0.980. The molecule has 0 radical (unpaired) electrons. The number of nitrogens with two attached hydrogens (primary N) is 1. The van der Waals surface area contributed by atoms with Crippen LogP contribution in [0.3, 0.4) is 0 Å². The van der Waals surface area contributed by atoms with E-state index in [9.17, 15) is 0 Å². The maximum absolute atomic E-state index is 5.71. The molecule has 0 aromatic heterocycles. The summed E-state index contributed by atoms with van der Waals surface area (Å²) < 4.78 is 0. The SMILES string of the molecule is C[C@@H]1CC[C@@H](c2ccc(N)cc2)C[C@H]1C. The third-order valence-corrected chi connectivity index (χ3v) is 4.01. The van der Waals surface area contributed by atoms with E-state index in [0.29, 0.717) is 0 Å². The van der Waals surface area contributed by atoms with Gasteiger partial charge in [0.15, 0.2) is 0 Å². The lowest BCUT2D eigenvalue weighted by Crippen LogP contribution is -2.19. The molecule has 0 aliphatic heterocycles. The number of hydrogen-bond donors (Lipinski definition) is 1. The van der Waals surface area contributed by atoms with Crippen LogP contribution in [0.4, 0.5) is 5.69 Å². The van der Waals surface area contributed by atoms with Gasteiger partial charge in [-0.05, 0) is 54.7 Å². The molecule has 1 aliphatic rings. The fourth-order valence-corrected chi connectivity index (χ4v) is 2.62. The zero-order valence-corrected chi connectivity index (χ0v) is 9.74. The maximum atomic E-state index is 5.71. The molecule has 1 fully saturated rings. The first-order valence-electron chi connectivity index (χ1n) is 6.02. The molecule has 0 bridgehead atoms. The van der Waals surface area contributed by atoms with Gasteiger partial charge >= 0.3 is 0 Å². The predicted octanol–water partition coefficient (Wildman–Crippen LogP) is 3.81. The molecule has 1 heteroatoms. The van der Waals surface area contributed by atoms with Crippen molar-refractivity contribution >= 4 is 5.69 Å². The zero-order chi connectivity index (χ0) is 10.8. The van der Waals surface area contributed by atoms with Crippen molar-refractivity contribution in [1.82, 2.24) is 0 Å². The molecule has 1 saturated carbocycles. The molecule has 1 aliphatic carbocycles. The van der Waals surface area contributed by atoms with E-state index in [1.807, 2.05) is 12.1 Å². The minimum Gasteiger partial charge on any atom is -0.399 e.